The Balaban J connectivity index is 1.80. The highest BCUT2D eigenvalue weighted by Gasteiger charge is 1.99. The molecule has 5 nitrogen and oxygen atoms in total. The molecule has 0 bridgehead atoms. The standard InChI is InChI=1S/C9H13N5S/c1-14-5-3-7(12-14)2-4-11-9-6-8(10)13-15-9/h3,5-6,11H,2,4H2,1H3,(H2,10,13). The molecular weight excluding hydrogens is 210 g/mol. The smallest absolute Gasteiger partial charge is 0.139 e. The Kier molecular flexibility index (Phi) is 2.86. The fourth-order valence-electron chi connectivity index (χ4n) is 1.28. The van der Waals surface area contributed by atoms with Crippen LogP contribution in [0, 0.1) is 0 Å². The second-order valence-corrected chi connectivity index (χ2v) is 4.08. The van der Waals surface area contributed by atoms with Gasteiger partial charge in [0.05, 0.1) is 5.69 Å². The van der Waals surface area contributed by atoms with Gasteiger partial charge in [-0.15, -0.1) is 0 Å². The summed E-state index contributed by atoms with van der Waals surface area (Å²) in [4.78, 5) is 0. The van der Waals surface area contributed by atoms with Gasteiger partial charge in [-0.05, 0) is 17.6 Å². The highest BCUT2D eigenvalue weighted by Crippen LogP contribution is 2.16. The summed E-state index contributed by atoms with van der Waals surface area (Å²) in [6.45, 7) is 0.846. The van der Waals surface area contributed by atoms with Crippen molar-refractivity contribution in [3.05, 3.63) is 24.0 Å². The zero-order valence-electron chi connectivity index (χ0n) is 8.47. The molecule has 0 radical (unpaired) electrons. The third kappa shape index (κ3) is 2.69. The molecule has 0 spiro atoms. The van der Waals surface area contributed by atoms with Gasteiger partial charge in [-0.25, -0.2) is 0 Å². The Bertz CT molecular complexity index is 393. The summed E-state index contributed by atoms with van der Waals surface area (Å²) in [5.74, 6) is 0.570. The van der Waals surface area contributed by atoms with Crippen molar-refractivity contribution >= 4 is 22.4 Å². The summed E-state index contributed by atoms with van der Waals surface area (Å²) in [5.41, 5.74) is 6.59. The van der Waals surface area contributed by atoms with E-state index >= 15 is 0 Å². The third-order valence-electron chi connectivity index (χ3n) is 1.98. The molecule has 3 N–H and O–H groups in total. The Hall–Kier alpha value is -1.56. The Morgan fingerprint density at radius 1 is 1.60 bits per heavy atom. The minimum Gasteiger partial charge on any atom is -0.383 e. The van der Waals surface area contributed by atoms with Gasteiger partial charge in [0.15, 0.2) is 0 Å². The van der Waals surface area contributed by atoms with Crippen LogP contribution >= 0.6 is 11.5 Å². The van der Waals surface area contributed by atoms with Crippen molar-refractivity contribution in [1.29, 1.82) is 0 Å². The quantitative estimate of drug-likeness (QED) is 0.814. The summed E-state index contributed by atoms with van der Waals surface area (Å²) < 4.78 is 5.79. The fraction of sp³-hybridized carbons (Fsp3) is 0.333. The molecule has 0 aromatic carbocycles. The number of rotatable bonds is 4. The topological polar surface area (TPSA) is 68.8 Å². The van der Waals surface area contributed by atoms with E-state index in [1.165, 1.54) is 11.5 Å². The highest BCUT2D eigenvalue weighted by atomic mass is 32.1. The molecular formula is C9H13N5S. The summed E-state index contributed by atoms with van der Waals surface area (Å²) in [6.07, 6.45) is 2.85. The maximum absolute atomic E-state index is 5.51. The average Bonchev–Trinajstić information content (AvgIpc) is 2.76. The van der Waals surface area contributed by atoms with E-state index in [1.807, 2.05) is 25.4 Å². The highest BCUT2D eigenvalue weighted by molar-refractivity contribution is 7.10. The zero-order valence-corrected chi connectivity index (χ0v) is 9.29. The normalized spacial score (nSPS) is 10.5. The van der Waals surface area contributed by atoms with Crippen molar-refractivity contribution in [2.75, 3.05) is 17.6 Å². The van der Waals surface area contributed by atoms with Gasteiger partial charge in [0, 0.05) is 32.3 Å². The predicted octanol–water partition coefficient (Wildman–Crippen LogP) is 1.11. The lowest BCUT2D eigenvalue weighted by Gasteiger charge is -1.99. The van der Waals surface area contributed by atoms with Gasteiger partial charge < -0.3 is 11.1 Å². The summed E-state index contributed by atoms with van der Waals surface area (Å²) in [6, 6.07) is 3.85. The maximum Gasteiger partial charge on any atom is 0.139 e. The molecule has 0 saturated carbocycles. The Labute approximate surface area is 92.1 Å². The third-order valence-corrected chi connectivity index (χ3v) is 2.74. The molecule has 2 heterocycles. The number of aryl methyl sites for hydroxylation is 1. The molecule has 0 aliphatic carbocycles. The van der Waals surface area contributed by atoms with Crippen LogP contribution < -0.4 is 11.1 Å². The number of aromatic nitrogens is 3. The molecule has 80 valence electrons. The number of hydrogen-bond acceptors (Lipinski definition) is 5. The van der Waals surface area contributed by atoms with Crippen molar-refractivity contribution in [3.63, 3.8) is 0 Å². The molecule has 0 aliphatic rings. The second-order valence-electron chi connectivity index (χ2n) is 3.27. The largest absolute Gasteiger partial charge is 0.383 e. The van der Waals surface area contributed by atoms with E-state index < -0.39 is 0 Å². The molecule has 2 aromatic heterocycles. The molecule has 6 heteroatoms. The minimum atomic E-state index is 0.570. The van der Waals surface area contributed by atoms with Crippen LogP contribution in [-0.4, -0.2) is 20.7 Å². The van der Waals surface area contributed by atoms with Gasteiger partial charge in [0.25, 0.3) is 0 Å². The van der Waals surface area contributed by atoms with E-state index in [1.54, 1.807) is 4.68 Å². The lowest BCUT2D eigenvalue weighted by atomic mass is 10.3. The van der Waals surface area contributed by atoms with Crippen molar-refractivity contribution in [3.8, 4) is 0 Å². The van der Waals surface area contributed by atoms with E-state index in [4.69, 9.17) is 5.73 Å². The molecule has 0 atom stereocenters. The van der Waals surface area contributed by atoms with Gasteiger partial charge in [-0.3, -0.25) is 4.68 Å². The minimum absolute atomic E-state index is 0.570. The lowest BCUT2D eigenvalue weighted by molar-refractivity contribution is 0.742. The van der Waals surface area contributed by atoms with Crippen LogP contribution in [0.2, 0.25) is 0 Å². The molecule has 15 heavy (non-hydrogen) atoms. The number of anilines is 2. The van der Waals surface area contributed by atoms with Crippen LogP contribution in [0.1, 0.15) is 5.69 Å². The molecule has 0 aliphatic heterocycles. The molecule has 2 rings (SSSR count). The van der Waals surface area contributed by atoms with E-state index in [2.05, 4.69) is 14.8 Å². The molecule has 0 amide bonds. The van der Waals surface area contributed by atoms with Crippen molar-refractivity contribution in [2.24, 2.45) is 7.05 Å². The second kappa shape index (κ2) is 4.31. The molecule has 0 saturated heterocycles. The maximum atomic E-state index is 5.51. The van der Waals surface area contributed by atoms with Crippen LogP contribution in [-0.2, 0) is 13.5 Å². The SMILES string of the molecule is Cn1ccc(CCNc2cc(N)ns2)n1. The zero-order chi connectivity index (χ0) is 10.7. The first-order chi connectivity index (χ1) is 7.24. The number of nitrogens with zero attached hydrogens (tertiary/aromatic N) is 3. The van der Waals surface area contributed by atoms with E-state index in [-0.39, 0.29) is 0 Å². The first-order valence-electron chi connectivity index (χ1n) is 4.68. The van der Waals surface area contributed by atoms with E-state index in [0.717, 1.165) is 23.7 Å². The molecule has 0 unspecified atom stereocenters. The van der Waals surface area contributed by atoms with Gasteiger partial charge in [-0.2, -0.15) is 9.47 Å². The number of nitrogen functional groups attached to an aromatic ring is 1. The van der Waals surface area contributed by atoms with Crippen LogP contribution in [0.15, 0.2) is 18.3 Å². The van der Waals surface area contributed by atoms with Gasteiger partial charge in [-0.1, -0.05) is 0 Å². The summed E-state index contributed by atoms with van der Waals surface area (Å²) in [5, 5.41) is 8.54. The number of hydrogen-bond donors (Lipinski definition) is 2. The van der Waals surface area contributed by atoms with Crippen LogP contribution in [0.5, 0.6) is 0 Å². The Morgan fingerprint density at radius 2 is 2.47 bits per heavy atom. The van der Waals surface area contributed by atoms with Crippen LogP contribution in [0.3, 0.4) is 0 Å². The van der Waals surface area contributed by atoms with Crippen LogP contribution in [0.4, 0.5) is 10.8 Å². The van der Waals surface area contributed by atoms with Crippen molar-refractivity contribution in [1.82, 2.24) is 14.2 Å². The van der Waals surface area contributed by atoms with Gasteiger partial charge in [0.1, 0.15) is 10.8 Å². The first kappa shape index (κ1) is 9.97. The fourth-order valence-corrected chi connectivity index (χ4v) is 1.88. The molecule has 2 aromatic rings. The summed E-state index contributed by atoms with van der Waals surface area (Å²) in [7, 11) is 1.92. The van der Waals surface area contributed by atoms with E-state index in [9.17, 15) is 0 Å². The van der Waals surface area contributed by atoms with Gasteiger partial charge >= 0.3 is 0 Å². The monoisotopic (exact) mass is 223 g/mol. The van der Waals surface area contributed by atoms with E-state index in [0.29, 0.717) is 5.82 Å². The average molecular weight is 223 g/mol. The lowest BCUT2D eigenvalue weighted by Crippen LogP contribution is -2.04. The first-order valence-corrected chi connectivity index (χ1v) is 5.46. The summed E-state index contributed by atoms with van der Waals surface area (Å²) >= 11 is 1.38. The Morgan fingerprint density at radius 3 is 3.07 bits per heavy atom. The van der Waals surface area contributed by atoms with Gasteiger partial charge in [0.2, 0.25) is 0 Å². The molecule has 0 fully saturated rings. The predicted molar refractivity (Wildman–Crippen MR) is 61.9 cm³/mol. The van der Waals surface area contributed by atoms with Crippen LogP contribution in [0.25, 0.3) is 0 Å². The number of nitrogens with two attached hydrogens (primary N) is 1. The van der Waals surface area contributed by atoms with Crippen molar-refractivity contribution < 1.29 is 0 Å². The van der Waals surface area contributed by atoms with Crippen molar-refractivity contribution in [2.45, 2.75) is 6.42 Å². The number of nitrogens with one attached hydrogen (secondary N) is 1.